The molecule has 0 saturated carbocycles. The van der Waals surface area contributed by atoms with Crippen molar-refractivity contribution in [2.75, 3.05) is 5.32 Å². The first-order valence-electron chi connectivity index (χ1n) is 9.33. The van der Waals surface area contributed by atoms with Crippen LogP contribution in [0.2, 0.25) is 0 Å². The molecule has 0 radical (unpaired) electrons. The Labute approximate surface area is 169 Å². The van der Waals surface area contributed by atoms with Gasteiger partial charge >= 0.3 is 0 Å². The molecular formula is C23H21N5O. The van der Waals surface area contributed by atoms with E-state index in [1.165, 1.54) is 0 Å². The van der Waals surface area contributed by atoms with Gasteiger partial charge in [-0.25, -0.2) is 9.97 Å². The molecule has 4 rings (SSSR count). The minimum absolute atomic E-state index is 0.0594. The average Bonchev–Trinajstić information content (AvgIpc) is 3.10. The first-order valence-corrected chi connectivity index (χ1v) is 9.33. The summed E-state index contributed by atoms with van der Waals surface area (Å²) in [6.07, 6.45) is 1.69. The topological polar surface area (TPSA) is 86.6 Å². The van der Waals surface area contributed by atoms with Crippen LogP contribution in [0.15, 0.2) is 60.8 Å². The van der Waals surface area contributed by atoms with Crippen LogP contribution in [0.25, 0.3) is 11.0 Å². The van der Waals surface area contributed by atoms with Crippen molar-refractivity contribution in [1.82, 2.24) is 15.0 Å². The van der Waals surface area contributed by atoms with Crippen LogP contribution in [0.1, 0.15) is 31.9 Å². The Morgan fingerprint density at radius 1 is 1.07 bits per heavy atom. The summed E-state index contributed by atoms with van der Waals surface area (Å²) >= 11 is 0. The Bertz CT molecular complexity index is 1210. The fourth-order valence-electron chi connectivity index (χ4n) is 3.11. The number of nitriles is 1. The number of aromatic nitrogens is 3. The van der Waals surface area contributed by atoms with E-state index in [-0.39, 0.29) is 5.41 Å². The van der Waals surface area contributed by atoms with Crippen molar-refractivity contribution in [2.45, 2.75) is 26.2 Å². The molecule has 0 unspecified atom stereocenters. The fraction of sp³-hybridized carbons (Fsp3) is 0.174. The maximum Gasteiger partial charge on any atom is 0.243 e. The van der Waals surface area contributed by atoms with Crippen LogP contribution in [0.3, 0.4) is 0 Å². The van der Waals surface area contributed by atoms with Gasteiger partial charge in [-0.1, -0.05) is 39.0 Å². The Balaban J connectivity index is 1.66. The highest BCUT2D eigenvalue weighted by Gasteiger charge is 2.20. The van der Waals surface area contributed by atoms with Crippen LogP contribution in [-0.2, 0) is 5.41 Å². The van der Waals surface area contributed by atoms with Crippen LogP contribution < -0.4 is 10.1 Å². The summed E-state index contributed by atoms with van der Waals surface area (Å²) in [4.78, 5) is 12.1. The van der Waals surface area contributed by atoms with E-state index in [1.54, 1.807) is 18.3 Å². The molecule has 144 valence electrons. The van der Waals surface area contributed by atoms with E-state index in [9.17, 15) is 0 Å². The van der Waals surface area contributed by atoms with Crippen molar-refractivity contribution in [3.05, 3.63) is 71.9 Å². The molecule has 4 aromatic rings. The minimum Gasteiger partial charge on any atom is -0.437 e. The zero-order valence-electron chi connectivity index (χ0n) is 16.5. The highest BCUT2D eigenvalue weighted by Crippen LogP contribution is 2.36. The van der Waals surface area contributed by atoms with Crippen molar-refractivity contribution in [2.24, 2.45) is 0 Å². The van der Waals surface area contributed by atoms with E-state index in [0.29, 0.717) is 23.1 Å². The number of pyridine rings is 1. The Morgan fingerprint density at radius 2 is 1.90 bits per heavy atom. The molecule has 2 N–H and O–H groups in total. The molecule has 6 nitrogen and oxygen atoms in total. The van der Waals surface area contributed by atoms with Crippen LogP contribution in [-0.4, -0.2) is 15.0 Å². The summed E-state index contributed by atoms with van der Waals surface area (Å²) in [6, 6.07) is 19.2. The number of hydrogen-bond acceptors (Lipinski definition) is 5. The minimum atomic E-state index is -0.0594. The molecule has 29 heavy (non-hydrogen) atoms. The summed E-state index contributed by atoms with van der Waals surface area (Å²) in [5.41, 5.74) is 3.87. The largest absolute Gasteiger partial charge is 0.437 e. The number of nitrogens with one attached hydrogen (secondary N) is 2. The van der Waals surface area contributed by atoms with Crippen LogP contribution in [0, 0.1) is 11.3 Å². The smallest absolute Gasteiger partial charge is 0.243 e. The number of hydrogen-bond donors (Lipinski definition) is 2. The SMILES string of the molecule is CC(C)(C)c1ccccc1Oc1ncccc1Nc1nc2ccc(C#N)cc2[nH]1. The first-order chi connectivity index (χ1) is 13.9. The lowest BCUT2D eigenvalue weighted by atomic mass is 9.86. The number of ether oxygens (including phenoxy) is 1. The number of aromatic amines is 1. The van der Waals surface area contributed by atoms with E-state index >= 15 is 0 Å². The van der Waals surface area contributed by atoms with Crippen LogP contribution >= 0.6 is 0 Å². The van der Waals surface area contributed by atoms with Crippen LogP contribution in [0.4, 0.5) is 11.6 Å². The van der Waals surface area contributed by atoms with Crippen molar-refractivity contribution < 1.29 is 4.74 Å². The van der Waals surface area contributed by atoms with E-state index in [1.807, 2.05) is 36.4 Å². The third-order valence-corrected chi connectivity index (χ3v) is 4.54. The van der Waals surface area contributed by atoms with E-state index in [0.717, 1.165) is 22.3 Å². The van der Waals surface area contributed by atoms with Gasteiger partial charge in [0.25, 0.3) is 0 Å². The summed E-state index contributed by atoms with van der Waals surface area (Å²) in [5, 5.41) is 12.3. The Kier molecular flexibility index (Phi) is 4.65. The second-order valence-electron chi connectivity index (χ2n) is 7.76. The van der Waals surface area contributed by atoms with Crippen LogP contribution in [0.5, 0.6) is 11.6 Å². The third kappa shape index (κ3) is 3.90. The van der Waals surface area contributed by atoms with Crippen molar-refractivity contribution in [3.8, 4) is 17.7 Å². The zero-order chi connectivity index (χ0) is 20.4. The predicted molar refractivity (Wildman–Crippen MR) is 114 cm³/mol. The molecule has 0 aliphatic rings. The van der Waals surface area contributed by atoms with Gasteiger partial charge in [-0.2, -0.15) is 5.26 Å². The van der Waals surface area contributed by atoms with Gasteiger partial charge in [0.15, 0.2) is 0 Å². The molecular weight excluding hydrogens is 362 g/mol. The van der Waals surface area contributed by atoms with Gasteiger partial charge < -0.3 is 15.0 Å². The summed E-state index contributed by atoms with van der Waals surface area (Å²) in [6.45, 7) is 6.45. The van der Waals surface area contributed by atoms with Gasteiger partial charge in [-0.05, 0) is 41.8 Å². The molecule has 0 aliphatic carbocycles. The predicted octanol–water partition coefficient (Wildman–Crippen LogP) is 5.66. The lowest BCUT2D eigenvalue weighted by Crippen LogP contribution is -2.12. The number of para-hydroxylation sites is 1. The maximum atomic E-state index is 9.07. The number of rotatable bonds is 4. The average molecular weight is 383 g/mol. The molecule has 2 heterocycles. The molecule has 0 fully saturated rings. The Hall–Kier alpha value is -3.85. The summed E-state index contributed by atoms with van der Waals surface area (Å²) < 4.78 is 6.19. The molecule has 0 atom stereocenters. The van der Waals surface area contributed by atoms with Crippen molar-refractivity contribution in [1.29, 1.82) is 5.26 Å². The number of anilines is 2. The molecule has 0 bridgehead atoms. The number of benzene rings is 2. The van der Waals surface area contributed by atoms with Crippen molar-refractivity contribution in [3.63, 3.8) is 0 Å². The van der Waals surface area contributed by atoms with E-state index in [2.05, 4.69) is 53.2 Å². The zero-order valence-corrected chi connectivity index (χ0v) is 16.5. The van der Waals surface area contributed by atoms with Crippen molar-refractivity contribution >= 4 is 22.7 Å². The fourth-order valence-corrected chi connectivity index (χ4v) is 3.11. The monoisotopic (exact) mass is 383 g/mol. The number of fused-ring (bicyclic) bond motifs is 1. The molecule has 2 aromatic carbocycles. The number of nitrogens with zero attached hydrogens (tertiary/aromatic N) is 3. The molecule has 0 amide bonds. The number of imidazole rings is 1. The molecule has 2 aromatic heterocycles. The third-order valence-electron chi connectivity index (χ3n) is 4.54. The first kappa shape index (κ1) is 18.5. The second-order valence-corrected chi connectivity index (χ2v) is 7.76. The lowest BCUT2D eigenvalue weighted by molar-refractivity contribution is 0.442. The van der Waals surface area contributed by atoms with Gasteiger partial charge in [0, 0.05) is 11.8 Å². The normalized spacial score (nSPS) is 11.2. The highest BCUT2D eigenvalue weighted by molar-refractivity contribution is 5.80. The lowest BCUT2D eigenvalue weighted by Gasteiger charge is -2.22. The standard InChI is InChI=1S/C23H21N5O/c1-23(2,3)16-7-4-5-9-20(16)29-21-18(8-6-12-25-21)27-22-26-17-11-10-15(14-24)13-19(17)28-22/h4-13H,1-3H3,(H2,26,27,28). The number of H-pyrrole nitrogens is 1. The highest BCUT2D eigenvalue weighted by atomic mass is 16.5. The molecule has 0 saturated heterocycles. The maximum absolute atomic E-state index is 9.07. The summed E-state index contributed by atoms with van der Waals surface area (Å²) in [7, 11) is 0. The molecule has 6 heteroatoms. The summed E-state index contributed by atoms with van der Waals surface area (Å²) in [5.74, 6) is 1.78. The molecule has 0 spiro atoms. The van der Waals surface area contributed by atoms with Gasteiger partial charge in [-0.15, -0.1) is 0 Å². The van der Waals surface area contributed by atoms with E-state index in [4.69, 9.17) is 10.00 Å². The van der Waals surface area contributed by atoms with E-state index < -0.39 is 0 Å². The second kappa shape index (κ2) is 7.28. The van der Waals surface area contributed by atoms with Gasteiger partial charge in [0.2, 0.25) is 11.8 Å². The molecule has 0 aliphatic heterocycles. The van der Waals surface area contributed by atoms with Gasteiger partial charge in [-0.3, -0.25) is 0 Å². The Morgan fingerprint density at radius 3 is 2.69 bits per heavy atom. The quantitative estimate of drug-likeness (QED) is 0.475. The van der Waals surface area contributed by atoms with Gasteiger partial charge in [0.1, 0.15) is 11.4 Å². The van der Waals surface area contributed by atoms with Gasteiger partial charge in [0.05, 0.1) is 22.7 Å².